The number of hydrogen-bond donors (Lipinski definition) is 8. The van der Waals surface area contributed by atoms with Crippen molar-refractivity contribution < 1.29 is 30.3 Å². The molecule has 3 aliphatic carbocycles. The first-order valence-corrected chi connectivity index (χ1v) is 19.1. The molecule has 1 aliphatic heterocycles. The van der Waals surface area contributed by atoms with Crippen LogP contribution in [0.1, 0.15) is 94.7 Å². The van der Waals surface area contributed by atoms with Crippen molar-refractivity contribution in [2.75, 3.05) is 13.2 Å². The van der Waals surface area contributed by atoms with Gasteiger partial charge in [0.2, 0.25) is 0 Å². The summed E-state index contributed by atoms with van der Waals surface area (Å²) in [6.45, 7) is 2.25. The molecule has 9 heteroatoms. The fourth-order valence-electron chi connectivity index (χ4n) is 9.14. The zero-order chi connectivity index (χ0) is 36.0. The van der Waals surface area contributed by atoms with Crippen molar-refractivity contribution >= 4 is 0 Å². The number of aromatic nitrogens is 1. The number of aromatic hydroxyl groups is 1. The van der Waals surface area contributed by atoms with E-state index in [4.69, 9.17) is 10.5 Å². The molecule has 2 heterocycles. The highest BCUT2D eigenvalue weighted by atomic mass is 16.5. The number of nitrogens with two attached hydrogens (primary N) is 1. The van der Waals surface area contributed by atoms with Gasteiger partial charge in [-0.2, -0.15) is 0 Å². The quantitative estimate of drug-likeness (QED) is 0.116. The molecule has 1 aromatic carbocycles. The highest BCUT2D eigenvalue weighted by Gasteiger charge is 2.47. The minimum atomic E-state index is -1.21. The van der Waals surface area contributed by atoms with E-state index in [0.717, 1.165) is 68.2 Å². The van der Waals surface area contributed by atoms with E-state index in [9.17, 15) is 25.5 Å². The number of phenols is 1. The largest absolute Gasteiger partial charge is 0.504 e. The van der Waals surface area contributed by atoms with E-state index in [0.29, 0.717) is 37.5 Å². The van der Waals surface area contributed by atoms with Crippen molar-refractivity contribution in [1.29, 1.82) is 0 Å². The first kappa shape index (κ1) is 37.1. The molecular formula is C42H57N3O6. The summed E-state index contributed by atoms with van der Waals surface area (Å²) in [7, 11) is 0. The van der Waals surface area contributed by atoms with Crippen LogP contribution in [0.4, 0.5) is 0 Å². The number of aliphatic hydroxyl groups excluding tert-OH is 4. The molecule has 9 atom stereocenters. The summed E-state index contributed by atoms with van der Waals surface area (Å²) in [5.74, 6) is 6.93. The molecule has 0 spiro atoms. The maximum Gasteiger partial charge on any atom is 0.161 e. The number of phenolic OH excluding ortho intramolecular Hbond substituents is 1. The Hall–Kier alpha value is -3.68. The van der Waals surface area contributed by atoms with Crippen LogP contribution in [-0.4, -0.2) is 68.1 Å². The number of dihydropyridines is 1. The van der Waals surface area contributed by atoms with Crippen molar-refractivity contribution in [2.45, 2.75) is 113 Å². The van der Waals surface area contributed by atoms with Crippen molar-refractivity contribution in [2.24, 2.45) is 29.4 Å². The molecular weight excluding hydrogens is 642 g/mol. The average Bonchev–Trinajstić information content (AvgIpc) is 3.83. The predicted octanol–water partition coefficient (Wildman–Crippen LogP) is 5.27. The lowest BCUT2D eigenvalue weighted by Gasteiger charge is -2.41. The SMILES string of the molecule is CC[C@H]1C#C[C@@H]2C=C[C@@H](c3ccc(O)c(O[C@H](C[C@H](C4=CCNC(N)=C4)C4(c5ccc[nH]5)CCCC4)[C@H](O)CO)c3)C[C@@H](O)[C@H]2[C@@H](O)CCCC1. The van der Waals surface area contributed by atoms with E-state index in [1.54, 1.807) is 12.1 Å². The van der Waals surface area contributed by atoms with E-state index in [1.807, 2.05) is 30.5 Å². The Labute approximate surface area is 302 Å². The fourth-order valence-corrected chi connectivity index (χ4v) is 9.14. The topological polar surface area (TPSA) is 164 Å². The molecule has 0 bridgehead atoms. The second-order valence-electron chi connectivity index (χ2n) is 15.2. The predicted molar refractivity (Wildman–Crippen MR) is 199 cm³/mol. The molecule has 1 fully saturated rings. The average molecular weight is 700 g/mol. The van der Waals surface area contributed by atoms with Crippen molar-refractivity contribution in [1.82, 2.24) is 10.3 Å². The Morgan fingerprint density at radius 1 is 1.04 bits per heavy atom. The number of hydrogen-bond acceptors (Lipinski definition) is 8. The summed E-state index contributed by atoms with van der Waals surface area (Å²) >= 11 is 0. The maximum absolute atomic E-state index is 11.6. The van der Waals surface area contributed by atoms with Crippen LogP contribution in [0.3, 0.4) is 0 Å². The molecule has 276 valence electrons. The Kier molecular flexibility index (Phi) is 12.2. The lowest BCUT2D eigenvalue weighted by atomic mass is 9.65. The molecule has 0 amide bonds. The Bertz CT molecular complexity index is 1600. The van der Waals surface area contributed by atoms with Gasteiger partial charge in [0.05, 0.1) is 24.6 Å². The Balaban J connectivity index is 1.30. The molecule has 0 unspecified atom stereocenters. The summed E-state index contributed by atoms with van der Waals surface area (Å²) in [4.78, 5) is 3.48. The molecule has 4 aliphatic rings. The molecule has 9 nitrogen and oxygen atoms in total. The van der Waals surface area contributed by atoms with E-state index >= 15 is 0 Å². The normalized spacial score (nSPS) is 29.5. The zero-order valence-corrected chi connectivity index (χ0v) is 29.9. The van der Waals surface area contributed by atoms with E-state index in [2.05, 4.69) is 47.3 Å². The minimum Gasteiger partial charge on any atom is -0.504 e. The van der Waals surface area contributed by atoms with Crippen LogP contribution >= 0.6 is 0 Å². The van der Waals surface area contributed by atoms with Crippen LogP contribution in [0, 0.1) is 35.5 Å². The van der Waals surface area contributed by atoms with Gasteiger partial charge < -0.3 is 46.3 Å². The zero-order valence-electron chi connectivity index (χ0n) is 29.9. The Morgan fingerprint density at radius 2 is 1.84 bits per heavy atom. The molecule has 51 heavy (non-hydrogen) atoms. The summed E-state index contributed by atoms with van der Waals surface area (Å²) < 4.78 is 6.54. The number of aliphatic hydroxyl groups is 4. The summed E-state index contributed by atoms with van der Waals surface area (Å²) in [6, 6.07) is 9.34. The highest BCUT2D eigenvalue weighted by molar-refractivity contribution is 5.45. The Morgan fingerprint density at radius 3 is 2.57 bits per heavy atom. The number of benzene rings is 1. The minimum absolute atomic E-state index is 0.0743. The number of rotatable bonds is 11. The molecule has 2 aromatic rings. The van der Waals surface area contributed by atoms with Crippen molar-refractivity contribution in [3.05, 3.63) is 83.5 Å². The standard InChI is InChI=1S/C42H57N3O6/c1-2-27-8-3-4-9-34(48)41-28(12-11-27)13-14-29(22-35(41)49)30-15-16-33(47)37(23-30)51-38(36(50)26-46)25-32(31-17-21-45-40(43)24-31)42(18-5-6-19-42)39-10-7-20-44-39/h7,10,13-17,20,23-24,27-29,32,34-36,38,41,44-50H,2-6,8-9,18-19,21-22,25-26,43H2,1H3/t27-,28-,29-,32-,34+,35-,36-,38-,41-/m1/s1. The molecule has 0 saturated heterocycles. The lowest BCUT2D eigenvalue weighted by Crippen LogP contribution is -2.43. The summed E-state index contributed by atoms with van der Waals surface area (Å²) in [5, 5.41) is 58.6. The molecule has 1 aromatic heterocycles. The first-order valence-electron chi connectivity index (χ1n) is 19.1. The van der Waals surface area contributed by atoms with Gasteiger partial charge in [0, 0.05) is 47.5 Å². The second-order valence-corrected chi connectivity index (χ2v) is 15.2. The lowest BCUT2D eigenvalue weighted by molar-refractivity contribution is -0.0154. The van der Waals surface area contributed by atoms with Crippen LogP contribution in [0.15, 0.2) is 72.2 Å². The molecule has 9 N–H and O–H groups in total. The molecule has 6 rings (SSSR count). The van der Waals surface area contributed by atoms with Gasteiger partial charge in [0.15, 0.2) is 11.5 Å². The van der Waals surface area contributed by atoms with Gasteiger partial charge in [-0.15, -0.1) is 0 Å². The summed E-state index contributed by atoms with van der Waals surface area (Å²) in [6.07, 6.45) is 16.1. The van der Waals surface area contributed by atoms with Crippen LogP contribution in [0.2, 0.25) is 0 Å². The molecule has 1 saturated carbocycles. The van der Waals surface area contributed by atoms with Gasteiger partial charge in [0.1, 0.15) is 12.2 Å². The number of H-pyrrole nitrogens is 1. The smallest absolute Gasteiger partial charge is 0.161 e. The van der Waals surface area contributed by atoms with Gasteiger partial charge in [0.25, 0.3) is 0 Å². The van der Waals surface area contributed by atoms with E-state index in [-0.39, 0.29) is 34.7 Å². The maximum atomic E-state index is 11.6. The van der Waals surface area contributed by atoms with Gasteiger partial charge in [-0.25, -0.2) is 0 Å². The van der Waals surface area contributed by atoms with Crippen molar-refractivity contribution in [3.8, 4) is 23.3 Å². The third kappa shape index (κ3) is 8.36. The number of fused-ring (bicyclic) bond motifs is 1. The van der Waals surface area contributed by atoms with Crippen LogP contribution < -0.4 is 15.8 Å². The highest BCUT2D eigenvalue weighted by Crippen LogP contribution is 2.51. The third-order valence-corrected chi connectivity index (χ3v) is 12.0. The van der Waals surface area contributed by atoms with Crippen LogP contribution in [0.25, 0.3) is 0 Å². The molecule has 0 radical (unpaired) electrons. The van der Waals surface area contributed by atoms with Crippen LogP contribution in [0.5, 0.6) is 11.5 Å². The summed E-state index contributed by atoms with van der Waals surface area (Å²) in [5.41, 5.74) is 9.07. The van der Waals surface area contributed by atoms with Crippen molar-refractivity contribution in [3.63, 3.8) is 0 Å². The number of ether oxygens (including phenoxy) is 1. The third-order valence-electron chi connectivity index (χ3n) is 12.0. The number of allylic oxidation sites excluding steroid dienone is 4. The van der Waals surface area contributed by atoms with E-state index in [1.165, 1.54) is 0 Å². The fraction of sp³-hybridized carbons (Fsp3) is 0.571. The van der Waals surface area contributed by atoms with Gasteiger partial charge in [-0.1, -0.05) is 68.7 Å². The van der Waals surface area contributed by atoms with E-state index < -0.39 is 36.9 Å². The second kappa shape index (κ2) is 16.8. The number of nitrogens with one attached hydrogen (secondary N) is 2. The van der Waals surface area contributed by atoms with Gasteiger partial charge in [-0.3, -0.25) is 0 Å². The van der Waals surface area contributed by atoms with Gasteiger partial charge in [-0.05, 0) is 92.3 Å². The first-order chi connectivity index (χ1) is 24.7. The monoisotopic (exact) mass is 699 g/mol. The van der Waals surface area contributed by atoms with Crippen LogP contribution in [-0.2, 0) is 5.41 Å². The van der Waals surface area contributed by atoms with Gasteiger partial charge >= 0.3 is 0 Å². The number of aromatic amines is 1.